The Hall–Kier alpha value is -6.28. The average molecular weight is 1220 g/mol. The van der Waals surface area contributed by atoms with Crippen LogP contribution in [0.15, 0.2) is 109 Å². The summed E-state index contributed by atoms with van der Waals surface area (Å²) in [6.45, 7) is 40.1. The number of ether oxygens (including phenoxy) is 2. The van der Waals surface area contributed by atoms with Crippen LogP contribution in [0.1, 0.15) is 281 Å². The van der Waals surface area contributed by atoms with Crippen molar-refractivity contribution in [2.24, 2.45) is 0 Å². The Morgan fingerprint density at radius 1 is 0.315 bits per heavy atom. The molecule has 0 bridgehead atoms. The minimum absolute atomic E-state index is 0.0986. The molecule has 89 heavy (non-hydrogen) atoms. The van der Waals surface area contributed by atoms with Crippen LogP contribution in [0, 0.1) is 0 Å². The van der Waals surface area contributed by atoms with Crippen molar-refractivity contribution in [1.82, 2.24) is 0 Å². The molecule has 0 aromatic heterocycles. The van der Waals surface area contributed by atoms with Gasteiger partial charge >= 0.3 is 0 Å². The van der Waals surface area contributed by atoms with Crippen molar-refractivity contribution in [2.45, 2.75) is 280 Å². The lowest BCUT2D eigenvalue weighted by molar-refractivity contribution is 0.304. The quantitative estimate of drug-likeness (QED) is 0.0246. The minimum atomic E-state index is -0.169. The van der Waals surface area contributed by atoms with Crippen molar-refractivity contribution in [1.29, 1.82) is 0 Å². The van der Waals surface area contributed by atoms with Crippen molar-refractivity contribution in [3.63, 3.8) is 0 Å². The Labute approximate surface area is 541 Å². The highest BCUT2D eigenvalue weighted by molar-refractivity contribution is 5.83. The van der Waals surface area contributed by atoms with E-state index in [2.05, 4.69) is 90.0 Å². The first-order valence-corrected chi connectivity index (χ1v) is 33.7. The molecule has 0 fully saturated rings. The number of phenols is 6. The molecule has 0 aliphatic rings. The average Bonchev–Trinajstić information content (AvgIpc) is 0.979. The molecule has 494 valence electrons. The molecule has 6 rings (SSSR count). The van der Waals surface area contributed by atoms with E-state index in [4.69, 9.17) is 9.47 Å². The summed E-state index contributed by atoms with van der Waals surface area (Å²) < 4.78 is 11.5. The van der Waals surface area contributed by atoms with Gasteiger partial charge in [-0.15, -0.1) is 0 Å². The van der Waals surface area contributed by atoms with E-state index >= 15 is 0 Å². The molecule has 0 atom stereocenters. The first-order valence-electron chi connectivity index (χ1n) is 33.7. The fraction of sp³-hybridized carbons (Fsp3) is 0.556. The summed E-state index contributed by atoms with van der Waals surface area (Å²) in [6.07, 6.45) is 23.7. The zero-order valence-electron chi connectivity index (χ0n) is 59.3. The second kappa shape index (κ2) is 35.4. The third-order valence-electron chi connectivity index (χ3n) is 17.5. The lowest BCUT2D eigenvalue weighted by Gasteiger charge is -2.29. The number of unbranched alkanes of at least 4 members (excludes halogenated alkanes) is 15. The van der Waals surface area contributed by atoms with Crippen LogP contribution in [0.3, 0.4) is 0 Å². The fourth-order valence-electron chi connectivity index (χ4n) is 10.9. The van der Waals surface area contributed by atoms with Gasteiger partial charge in [-0.25, -0.2) is 0 Å². The molecule has 6 aromatic rings. The Kier molecular flexibility index (Phi) is 30.6. The van der Waals surface area contributed by atoms with Gasteiger partial charge in [-0.2, -0.15) is 0 Å². The van der Waals surface area contributed by atoms with E-state index in [9.17, 15) is 30.6 Å². The van der Waals surface area contributed by atoms with E-state index < -0.39 is 0 Å². The molecule has 0 spiro atoms. The zero-order valence-corrected chi connectivity index (χ0v) is 59.3. The second-order valence-corrected chi connectivity index (χ2v) is 30.1. The third kappa shape index (κ3) is 24.8. The van der Waals surface area contributed by atoms with E-state index in [-0.39, 0.29) is 55.5 Å². The molecule has 8 nitrogen and oxygen atoms in total. The number of benzene rings is 6. The SMILES string of the molecule is CC(C)(C)c1cc(O)c(C(C)(C)C)cc1O.CCC(C)(C)c1cc(O)c(C(C)(C)CC)cc1O.CCCCCCCCCCCCCCCCCCOc1cc(-c2ccccc2)c(O)c(-c2ccccc2)c1.COc1cc(C(C)(C)C)c(O)c(C(C)(C)C)c1. The molecule has 0 amide bonds. The van der Waals surface area contributed by atoms with Crippen LogP contribution in [0.4, 0.5) is 0 Å². The number of phenolic OH excluding ortho intramolecular Hbond substituents is 6. The molecule has 0 unspecified atom stereocenters. The topological polar surface area (TPSA) is 140 Å². The monoisotopic (exact) mass is 1220 g/mol. The van der Waals surface area contributed by atoms with Crippen LogP contribution in [-0.4, -0.2) is 44.4 Å². The van der Waals surface area contributed by atoms with Gasteiger partial charge in [-0.3, -0.25) is 0 Å². The Balaban J connectivity index is 0.000000340. The van der Waals surface area contributed by atoms with Crippen LogP contribution < -0.4 is 9.47 Å². The van der Waals surface area contributed by atoms with Gasteiger partial charge in [0, 0.05) is 44.5 Å². The summed E-state index contributed by atoms with van der Waals surface area (Å²) in [5.74, 6) is 3.42. The highest BCUT2D eigenvalue weighted by Crippen LogP contribution is 2.45. The lowest BCUT2D eigenvalue weighted by atomic mass is 9.77. The minimum Gasteiger partial charge on any atom is -0.508 e. The number of hydrogen-bond acceptors (Lipinski definition) is 8. The maximum absolute atomic E-state index is 11.1. The van der Waals surface area contributed by atoms with Crippen molar-refractivity contribution in [3.05, 3.63) is 143 Å². The summed E-state index contributed by atoms with van der Waals surface area (Å²) in [4.78, 5) is 0. The molecule has 0 saturated heterocycles. The van der Waals surface area contributed by atoms with Crippen LogP contribution in [0.5, 0.6) is 46.0 Å². The standard InChI is InChI=1S/C36H50O2.C16H26O2.C15H24O2.C14H22O2/c1-2-3-4-5-6-7-8-9-10-11-12-13-14-15-16-23-28-38-33-29-34(31-24-19-17-20-25-31)36(37)35(30-33)32-26-21-18-22-27-32;1-7-15(3,4)11-9-14(18)12(10-13(11)17)16(5,6)8-2;1-14(2,3)11-8-10(17-7)9-12(13(11)16)15(4,5)6;1-13(2,3)9-7-12(16)10(8-11(9)15)14(4,5)6/h17-22,24-27,29-30,37H,2-16,23,28H2,1H3;9-10,17-18H,7-8H2,1-6H3;8-9,16H,1-7H3;7-8,15-16H,1-6H3. The van der Waals surface area contributed by atoms with Crippen molar-refractivity contribution in [3.8, 4) is 68.2 Å². The first kappa shape index (κ1) is 77.0. The van der Waals surface area contributed by atoms with Crippen LogP contribution in [0.2, 0.25) is 0 Å². The number of rotatable bonds is 25. The molecule has 0 aliphatic heterocycles. The molecule has 0 aliphatic carbocycles. The van der Waals surface area contributed by atoms with Gasteiger partial charge in [0.1, 0.15) is 46.0 Å². The van der Waals surface area contributed by atoms with Gasteiger partial charge < -0.3 is 40.1 Å². The number of methoxy groups -OCH3 is 1. The number of aromatic hydroxyl groups is 6. The predicted molar refractivity (Wildman–Crippen MR) is 380 cm³/mol. The molecular weight excluding hydrogens is 1100 g/mol. The van der Waals surface area contributed by atoms with E-state index in [0.29, 0.717) is 18.1 Å². The van der Waals surface area contributed by atoms with E-state index in [1.807, 2.05) is 126 Å². The zero-order chi connectivity index (χ0) is 67.0. The Morgan fingerprint density at radius 2 is 0.607 bits per heavy atom. The van der Waals surface area contributed by atoms with Gasteiger partial charge in [0.25, 0.3) is 0 Å². The molecule has 0 heterocycles. The van der Waals surface area contributed by atoms with Crippen molar-refractivity contribution in [2.75, 3.05) is 13.7 Å². The highest BCUT2D eigenvalue weighted by atomic mass is 16.5. The largest absolute Gasteiger partial charge is 0.508 e. The van der Waals surface area contributed by atoms with Gasteiger partial charge in [-0.1, -0.05) is 289 Å². The first-order chi connectivity index (χ1) is 41.5. The highest BCUT2D eigenvalue weighted by Gasteiger charge is 2.30. The van der Waals surface area contributed by atoms with Crippen molar-refractivity contribution < 1.29 is 40.1 Å². The maximum Gasteiger partial charge on any atom is 0.131 e. The second-order valence-electron chi connectivity index (χ2n) is 30.1. The predicted octanol–water partition coefficient (Wildman–Crippen LogP) is 23.5. The molecule has 6 N–H and O–H groups in total. The van der Waals surface area contributed by atoms with E-state index in [0.717, 1.165) is 86.4 Å². The lowest BCUT2D eigenvalue weighted by Crippen LogP contribution is -2.19. The molecular formula is C81H122O8. The molecule has 8 heteroatoms. The summed E-state index contributed by atoms with van der Waals surface area (Å²) >= 11 is 0. The molecule has 0 saturated carbocycles. The summed E-state index contributed by atoms with van der Waals surface area (Å²) in [6, 6.07) is 34.7. The molecule has 0 radical (unpaired) electrons. The van der Waals surface area contributed by atoms with Gasteiger partial charge in [0.2, 0.25) is 0 Å². The number of hydrogen-bond donors (Lipinski definition) is 6. The van der Waals surface area contributed by atoms with Gasteiger partial charge in [-0.05, 0) is 111 Å². The van der Waals surface area contributed by atoms with E-state index in [1.165, 1.54) is 96.3 Å². The Bertz CT molecular complexity index is 2840. The normalized spacial score (nSPS) is 12.0. The Morgan fingerprint density at radius 3 is 0.899 bits per heavy atom. The fourth-order valence-corrected chi connectivity index (χ4v) is 10.9. The molecule has 6 aromatic carbocycles. The van der Waals surface area contributed by atoms with Crippen molar-refractivity contribution >= 4 is 0 Å². The van der Waals surface area contributed by atoms with Crippen LogP contribution in [-0.2, 0) is 32.5 Å². The summed E-state index contributed by atoms with van der Waals surface area (Å²) in [5, 5.41) is 62.0. The maximum atomic E-state index is 11.1. The van der Waals surface area contributed by atoms with Crippen LogP contribution >= 0.6 is 0 Å². The third-order valence-corrected chi connectivity index (χ3v) is 17.5. The summed E-state index contributed by atoms with van der Waals surface area (Å²) in [5.41, 5.74) is 7.88. The summed E-state index contributed by atoms with van der Waals surface area (Å²) in [7, 11) is 1.66. The van der Waals surface area contributed by atoms with Gasteiger partial charge in [0.15, 0.2) is 0 Å². The van der Waals surface area contributed by atoms with E-state index in [1.54, 1.807) is 31.4 Å². The van der Waals surface area contributed by atoms with Gasteiger partial charge in [0.05, 0.1) is 13.7 Å². The van der Waals surface area contributed by atoms with Crippen LogP contribution in [0.25, 0.3) is 22.3 Å². The smallest absolute Gasteiger partial charge is 0.131 e.